The van der Waals surface area contributed by atoms with Gasteiger partial charge in [-0.15, -0.1) is 0 Å². The van der Waals surface area contributed by atoms with Crippen molar-refractivity contribution in [2.45, 2.75) is 12.8 Å². The molecule has 1 aromatic carbocycles. The predicted octanol–water partition coefficient (Wildman–Crippen LogP) is 1.13. The lowest BCUT2D eigenvalue weighted by molar-refractivity contribution is -0.142. The highest BCUT2D eigenvalue weighted by molar-refractivity contribution is 5.81. The molecule has 0 radical (unpaired) electrons. The Labute approximate surface area is 106 Å². The van der Waals surface area contributed by atoms with Crippen LogP contribution in [0.1, 0.15) is 12.8 Å². The largest absolute Gasteiger partial charge is 0.492 e. The zero-order valence-electron chi connectivity index (χ0n) is 10.3. The van der Waals surface area contributed by atoms with Crippen molar-refractivity contribution < 1.29 is 19.1 Å². The third kappa shape index (κ3) is 5.89. The zero-order chi connectivity index (χ0) is 13.2. The molecule has 18 heavy (non-hydrogen) atoms. The van der Waals surface area contributed by atoms with Crippen LogP contribution in [-0.2, 0) is 14.3 Å². The van der Waals surface area contributed by atoms with Crippen LogP contribution in [0.25, 0.3) is 0 Å². The van der Waals surface area contributed by atoms with E-state index in [4.69, 9.17) is 4.74 Å². The summed E-state index contributed by atoms with van der Waals surface area (Å²) in [5, 5.41) is 2.66. The Morgan fingerprint density at radius 1 is 1.17 bits per heavy atom. The Kier molecular flexibility index (Phi) is 6.32. The van der Waals surface area contributed by atoms with Crippen molar-refractivity contribution >= 4 is 11.9 Å². The number of methoxy groups -OCH3 is 1. The van der Waals surface area contributed by atoms with Crippen LogP contribution >= 0.6 is 0 Å². The maximum atomic E-state index is 11.3. The number of carbonyl (C=O) groups is 2. The highest BCUT2D eigenvalue weighted by Gasteiger charge is 2.05. The summed E-state index contributed by atoms with van der Waals surface area (Å²) in [5.74, 6) is 0.198. The minimum atomic E-state index is -0.384. The van der Waals surface area contributed by atoms with E-state index in [1.54, 1.807) is 0 Å². The molecule has 0 unspecified atom stereocenters. The minimum absolute atomic E-state index is 0.0991. The van der Waals surface area contributed by atoms with Gasteiger partial charge in [-0.1, -0.05) is 18.2 Å². The number of para-hydroxylation sites is 1. The van der Waals surface area contributed by atoms with E-state index in [1.165, 1.54) is 7.11 Å². The van der Waals surface area contributed by atoms with Crippen molar-refractivity contribution in [3.05, 3.63) is 30.3 Å². The molecular weight excluding hydrogens is 234 g/mol. The van der Waals surface area contributed by atoms with Crippen LogP contribution in [0, 0.1) is 0 Å². The highest BCUT2D eigenvalue weighted by atomic mass is 16.5. The monoisotopic (exact) mass is 251 g/mol. The Morgan fingerprint density at radius 3 is 2.56 bits per heavy atom. The molecule has 5 heteroatoms. The van der Waals surface area contributed by atoms with E-state index in [1.807, 2.05) is 30.3 Å². The van der Waals surface area contributed by atoms with Gasteiger partial charge >= 0.3 is 5.97 Å². The minimum Gasteiger partial charge on any atom is -0.492 e. The van der Waals surface area contributed by atoms with Crippen molar-refractivity contribution in [2.24, 2.45) is 0 Å². The SMILES string of the molecule is COC(=O)CCC(=O)NCCOc1ccccc1. The molecule has 0 spiro atoms. The van der Waals surface area contributed by atoms with Crippen molar-refractivity contribution in [3.8, 4) is 5.75 Å². The third-order valence-corrected chi connectivity index (χ3v) is 2.22. The van der Waals surface area contributed by atoms with E-state index >= 15 is 0 Å². The van der Waals surface area contributed by atoms with Gasteiger partial charge in [-0.2, -0.15) is 0 Å². The number of hydrogen-bond donors (Lipinski definition) is 1. The summed E-state index contributed by atoms with van der Waals surface area (Å²) < 4.78 is 9.84. The van der Waals surface area contributed by atoms with E-state index < -0.39 is 0 Å². The lowest BCUT2D eigenvalue weighted by Gasteiger charge is -2.07. The molecule has 0 aliphatic rings. The molecule has 0 aromatic heterocycles. The molecule has 98 valence electrons. The average Bonchev–Trinajstić information content (AvgIpc) is 2.42. The van der Waals surface area contributed by atoms with E-state index in [0.717, 1.165) is 5.75 Å². The standard InChI is InChI=1S/C13H17NO4/c1-17-13(16)8-7-12(15)14-9-10-18-11-5-3-2-4-6-11/h2-6H,7-10H2,1H3,(H,14,15). The number of ether oxygens (including phenoxy) is 2. The molecule has 0 heterocycles. The van der Waals surface area contributed by atoms with E-state index in [9.17, 15) is 9.59 Å². The van der Waals surface area contributed by atoms with Crippen LogP contribution in [0.15, 0.2) is 30.3 Å². The van der Waals surface area contributed by atoms with Crippen LogP contribution in [0.5, 0.6) is 5.75 Å². The normalized spacial score (nSPS) is 9.61. The molecule has 1 amide bonds. The summed E-state index contributed by atoms with van der Waals surface area (Å²) >= 11 is 0. The molecule has 0 saturated heterocycles. The molecule has 0 atom stereocenters. The number of esters is 1. The lowest BCUT2D eigenvalue weighted by Crippen LogP contribution is -2.28. The highest BCUT2D eigenvalue weighted by Crippen LogP contribution is 2.07. The molecule has 1 aromatic rings. The van der Waals surface area contributed by atoms with E-state index in [-0.39, 0.29) is 24.7 Å². The molecule has 0 bridgehead atoms. The van der Waals surface area contributed by atoms with Gasteiger partial charge in [0.2, 0.25) is 5.91 Å². The van der Waals surface area contributed by atoms with Crippen LogP contribution in [0.4, 0.5) is 0 Å². The fourth-order valence-electron chi connectivity index (χ4n) is 1.28. The molecule has 0 aliphatic carbocycles. The fraction of sp³-hybridized carbons (Fsp3) is 0.385. The third-order valence-electron chi connectivity index (χ3n) is 2.22. The molecule has 0 saturated carbocycles. The van der Waals surface area contributed by atoms with Gasteiger partial charge in [0.25, 0.3) is 0 Å². The number of benzene rings is 1. The zero-order valence-corrected chi connectivity index (χ0v) is 10.3. The van der Waals surface area contributed by atoms with Crippen LogP contribution in [-0.4, -0.2) is 32.1 Å². The molecule has 1 N–H and O–H groups in total. The first-order chi connectivity index (χ1) is 8.72. The van der Waals surface area contributed by atoms with Crippen molar-refractivity contribution in [1.29, 1.82) is 0 Å². The number of rotatable bonds is 7. The number of carbonyl (C=O) groups excluding carboxylic acids is 2. The topological polar surface area (TPSA) is 64.6 Å². The summed E-state index contributed by atoms with van der Waals surface area (Å²) in [5.41, 5.74) is 0. The molecule has 1 rings (SSSR count). The van der Waals surface area contributed by atoms with Gasteiger partial charge in [0.1, 0.15) is 12.4 Å². The maximum Gasteiger partial charge on any atom is 0.306 e. The second-order valence-corrected chi connectivity index (χ2v) is 3.59. The fourth-order valence-corrected chi connectivity index (χ4v) is 1.28. The number of amides is 1. The van der Waals surface area contributed by atoms with Gasteiger partial charge in [0, 0.05) is 6.42 Å². The maximum absolute atomic E-state index is 11.3. The van der Waals surface area contributed by atoms with Crippen LogP contribution in [0.3, 0.4) is 0 Å². The Hall–Kier alpha value is -2.04. The van der Waals surface area contributed by atoms with E-state index in [2.05, 4.69) is 10.1 Å². The predicted molar refractivity (Wildman–Crippen MR) is 66.2 cm³/mol. The summed E-state index contributed by atoms with van der Waals surface area (Å²) in [4.78, 5) is 22.1. The lowest BCUT2D eigenvalue weighted by atomic mass is 10.3. The van der Waals surface area contributed by atoms with E-state index in [0.29, 0.717) is 13.2 Å². The number of nitrogens with one attached hydrogen (secondary N) is 1. The van der Waals surface area contributed by atoms with Gasteiger partial charge in [0.15, 0.2) is 0 Å². The first-order valence-corrected chi connectivity index (χ1v) is 5.73. The first kappa shape index (κ1) is 14.0. The molecule has 0 aliphatic heterocycles. The number of hydrogen-bond acceptors (Lipinski definition) is 4. The first-order valence-electron chi connectivity index (χ1n) is 5.73. The van der Waals surface area contributed by atoms with Crippen LogP contribution in [0.2, 0.25) is 0 Å². The van der Waals surface area contributed by atoms with Crippen LogP contribution < -0.4 is 10.1 Å². The van der Waals surface area contributed by atoms with Crippen molar-refractivity contribution in [1.82, 2.24) is 5.32 Å². The van der Waals surface area contributed by atoms with Gasteiger partial charge in [0.05, 0.1) is 20.1 Å². The van der Waals surface area contributed by atoms with Crippen molar-refractivity contribution in [3.63, 3.8) is 0 Å². The summed E-state index contributed by atoms with van der Waals surface area (Å²) in [6.45, 7) is 0.808. The van der Waals surface area contributed by atoms with Gasteiger partial charge < -0.3 is 14.8 Å². The molecular formula is C13H17NO4. The molecule has 0 fully saturated rings. The summed E-state index contributed by atoms with van der Waals surface area (Å²) in [6, 6.07) is 9.36. The summed E-state index contributed by atoms with van der Waals surface area (Å²) in [7, 11) is 1.30. The van der Waals surface area contributed by atoms with Crippen molar-refractivity contribution in [2.75, 3.05) is 20.3 Å². The van der Waals surface area contributed by atoms with Gasteiger partial charge in [-0.3, -0.25) is 9.59 Å². The second kappa shape index (κ2) is 8.11. The Bertz CT molecular complexity index is 378. The van der Waals surface area contributed by atoms with Gasteiger partial charge in [-0.05, 0) is 12.1 Å². The quantitative estimate of drug-likeness (QED) is 0.583. The Balaban J connectivity index is 2.07. The Morgan fingerprint density at radius 2 is 1.89 bits per heavy atom. The summed E-state index contributed by atoms with van der Waals surface area (Å²) in [6.07, 6.45) is 0.236. The smallest absolute Gasteiger partial charge is 0.306 e. The average molecular weight is 251 g/mol. The molecule has 5 nitrogen and oxygen atoms in total. The second-order valence-electron chi connectivity index (χ2n) is 3.59. The van der Waals surface area contributed by atoms with Gasteiger partial charge in [-0.25, -0.2) is 0 Å².